The van der Waals surface area contributed by atoms with E-state index < -0.39 is 11.7 Å². The molecule has 4 nitrogen and oxygen atoms in total. The van der Waals surface area contributed by atoms with Crippen LogP contribution in [0.25, 0.3) is 0 Å². The molecular formula is C12H13F3N4. The molecule has 0 aliphatic heterocycles. The van der Waals surface area contributed by atoms with E-state index in [4.69, 9.17) is 0 Å². The Bertz CT molecular complexity index is 548. The highest BCUT2D eigenvalue weighted by atomic mass is 19.4. The minimum absolute atomic E-state index is 0.140. The Balaban J connectivity index is 2.00. The van der Waals surface area contributed by atoms with E-state index in [0.29, 0.717) is 13.0 Å². The highest BCUT2D eigenvalue weighted by Crippen LogP contribution is 2.33. The van der Waals surface area contributed by atoms with Gasteiger partial charge in [0.15, 0.2) is 0 Å². The summed E-state index contributed by atoms with van der Waals surface area (Å²) in [4.78, 5) is 3.73. The van der Waals surface area contributed by atoms with Crippen molar-refractivity contribution in [2.24, 2.45) is 7.05 Å². The first-order chi connectivity index (χ1) is 8.97. The topological polar surface area (TPSA) is 42.7 Å². The predicted molar refractivity (Wildman–Crippen MR) is 64.6 cm³/mol. The Labute approximate surface area is 108 Å². The van der Waals surface area contributed by atoms with Gasteiger partial charge in [-0.1, -0.05) is 0 Å². The van der Waals surface area contributed by atoms with E-state index in [-0.39, 0.29) is 5.82 Å². The molecule has 0 radical (unpaired) electrons. The Morgan fingerprint density at radius 3 is 2.79 bits per heavy atom. The Hall–Kier alpha value is -2.05. The summed E-state index contributed by atoms with van der Waals surface area (Å²) in [6, 6.07) is 2.29. The first-order valence-corrected chi connectivity index (χ1v) is 5.70. The van der Waals surface area contributed by atoms with E-state index in [1.165, 1.54) is 12.3 Å². The molecule has 19 heavy (non-hydrogen) atoms. The molecule has 0 unspecified atom stereocenters. The molecule has 2 heterocycles. The molecule has 0 aromatic carbocycles. The number of aromatic nitrogens is 3. The largest absolute Gasteiger partial charge is 0.419 e. The lowest BCUT2D eigenvalue weighted by Crippen LogP contribution is -2.13. The second-order valence-electron chi connectivity index (χ2n) is 4.10. The third-order valence-corrected chi connectivity index (χ3v) is 2.58. The monoisotopic (exact) mass is 270 g/mol. The third kappa shape index (κ3) is 3.46. The number of alkyl halides is 3. The summed E-state index contributed by atoms with van der Waals surface area (Å²) in [5.41, 5.74) is 0.209. The van der Waals surface area contributed by atoms with Crippen molar-refractivity contribution in [1.29, 1.82) is 0 Å². The number of hydrogen-bond donors (Lipinski definition) is 1. The molecular weight excluding hydrogens is 257 g/mol. The summed E-state index contributed by atoms with van der Waals surface area (Å²) < 4.78 is 39.8. The molecule has 0 saturated carbocycles. The van der Waals surface area contributed by atoms with Crippen molar-refractivity contribution in [3.63, 3.8) is 0 Å². The van der Waals surface area contributed by atoms with Crippen LogP contribution in [0.3, 0.4) is 0 Å². The molecule has 102 valence electrons. The maximum Gasteiger partial charge on any atom is 0.419 e. The zero-order chi connectivity index (χ0) is 13.9. The minimum Gasteiger partial charge on any atom is -0.369 e. The lowest BCUT2D eigenvalue weighted by atomic mass is 10.2. The van der Waals surface area contributed by atoms with E-state index in [1.807, 2.05) is 6.20 Å². The van der Waals surface area contributed by atoms with Crippen LogP contribution in [-0.4, -0.2) is 21.3 Å². The first kappa shape index (κ1) is 13.4. The summed E-state index contributed by atoms with van der Waals surface area (Å²) in [6.07, 6.45) is 1.03. The zero-order valence-corrected chi connectivity index (χ0v) is 10.3. The van der Waals surface area contributed by atoms with Crippen molar-refractivity contribution in [3.05, 3.63) is 41.9 Å². The number of anilines is 1. The number of nitrogens with zero attached hydrogens (tertiary/aromatic N) is 3. The summed E-state index contributed by atoms with van der Waals surface area (Å²) >= 11 is 0. The predicted octanol–water partition coefficient (Wildman–Crippen LogP) is 2.49. The van der Waals surface area contributed by atoms with Crippen LogP contribution in [0, 0.1) is 0 Å². The summed E-state index contributed by atoms with van der Waals surface area (Å²) in [5, 5.41) is 6.70. The second-order valence-corrected chi connectivity index (χ2v) is 4.10. The highest BCUT2D eigenvalue weighted by molar-refractivity contribution is 5.45. The molecule has 0 fully saturated rings. The van der Waals surface area contributed by atoms with Gasteiger partial charge in [-0.2, -0.15) is 18.3 Å². The zero-order valence-electron chi connectivity index (χ0n) is 10.3. The number of aryl methyl sites for hydroxylation is 1. The third-order valence-electron chi connectivity index (χ3n) is 2.58. The average molecular weight is 270 g/mol. The van der Waals surface area contributed by atoms with E-state index in [0.717, 1.165) is 11.6 Å². The fraction of sp³-hybridized carbons (Fsp3) is 0.333. The lowest BCUT2D eigenvalue weighted by molar-refractivity contribution is -0.137. The maximum absolute atomic E-state index is 12.7. The minimum atomic E-state index is -4.40. The SMILES string of the molecule is Cn1cc(CCNc2ncccc2C(F)(F)F)cn1. The Kier molecular flexibility index (Phi) is 3.73. The van der Waals surface area contributed by atoms with Gasteiger partial charge in [-0.15, -0.1) is 0 Å². The molecule has 0 aliphatic rings. The van der Waals surface area contributed by atoms with Gasteiger partial charge in [-0.05, 0) is 24.1 Å². The number of rotatable bonds is 4. The smallest absolute Gasteiger partial charge is 0.369 e. The van der Waals surface area contributed by atoms with Crippen LogP contribution in [-0.2, 0) is 19.6 Å². The molecule has 7 heteroatoms. The number of halogens is 3. The molecule has 0 atom stereocenters. The standard InChI is InChI=1S/C12H13F3N4/c1-19-8-9(7-18-19)4-6-17-11-10(12(13,14)15)3-2-5-16-11/h2-3,5,7-8H,4,6H2,1H3,(H,16,17). The van der Waals surface area contributed by atoms with Gasteiger partial charge in [0.2, 0.25) is 0 Å². The van der Waals surface area contributed by atoms with E-state index in [9.17, 15) is 13.2 Å². The number of pyridine rings is 1. The van der Waals surface area contributed by atoms with Gasteiger partial charge in [0, 0.05) is 26.0 Å². The van der Waals surface area contributed by atoms with Gasteiger partial charge in [0.1, 0.15) is 5.82 Å². The average Bonchev–Trinajstić information content (AvgIpc) is 2.74. The summed E-state index contributed by atoms with van der Waals surface area (Å²) in [7, 11) is 1.79. The fourth-order valence-electron chi connectivity index (χ4n) is 1.70. The van der Waals surface area contributed by atoms with Crippen LogP contribution in [0.2, 0.25) is 0 Å². The lowest BCUT2D eigenvalue weighted by Gasteiger charge is -2.12. The van der Waals surface area contributed by atoms with Gasteiger partial charge >= 0.3 is 6.18 Å². The molecule has 0 bridgehead atoms. The first-order valence-electron chi connectivity index (χ1n) is 5.70. The van der Waals surface area contributed by atoms with Crippen molar-refractivity contribution in [2.45, 2.75) is 12.6 Å². The molecule has 2 aromatic heterocycles. The van der Waals surface area contributed by atoms with E-state index in [1.54, 1.807) is 17.9 Å². The van der Waals surface area contributed by atoms with Crippen molar-refractivity contribution < 1.29 is 13.2 Å². The van der Waals surface area contributed by atoms with Crippen molar-refractivity contribution in [1.82, 2.24) is 14.8 Å². The molecule has 0 spiro atoms. The van der Waals surface area contributed by atoms with Crippen LogP contribution in [0.15, 0.2) is 30.7 Å². The highest BCUT2D eigenvalue weighted by Gasteiger charge is 2.33. The Morgan fingerprint density at radius 2 is 2.16 bits per heavy atom. The maximum atomic E-state index is 12.7. The molecule has 0 saturated heterocycles. The van der Waals surface area contributed by atoms with E-state index in [2.05, 4.69) is 15.4 Å². The van der Waals surface area contributed by atoms with Crippen LogP contribution < -0.4 is 5.32 Å². The number of nitrogens with one attached hydrogen (secondary N) is 1. The normalized spacial score (nSPS) is 11.6. The van der Waals surface area contributed by atoms with Crippen molar-refractivity contribution in [3.8, 4) is 0 Å². The van der Waals surface area contributed by atoms with Crippen LogP contribution in [0.5, 0.6) is 0 Å². The Morgan fingerprint density at radius 1 is 1.37 bits per heavy atom. The summed E-state index contributed by atoms with van der Waals surface area (Å²) in [6.45, 7) is 0.367. The van der Waals surface area contributed by atoms with E-state index >= 15 is 0 Å². The van der Waals surface area contributed by atoms with Crippen LogP contribution in [0.4, 0.5) is 19.0 Å². The molecule has 1 N–H and O–H groups in total. The van der Waals surface area contributed by atoms with Crippen molar-refractivity contribution >= 4 is 5.82 Å². The van der Waals surface area contributed by atoms with Gasteiger partial charge < -0.3 is 5.32 Å². The molecule has 0 amide bonds. The van der Waals surface area contributed by atoms with Crippen LogP contribution >= 0.6 is 0 Å². The van der Waals surface area contributed by atoms with Gasteiger partial charge in [-0.25, -0.2) is 4.98 Å². The van der Waals surface area contributed by atoms with Gasteiger partial charge in [-0.3, -0.25) is 4.68 Å². The summed E-state index contributed by atoms with van der Waals surface area (Å²) in [5.74, 6) is -0.140. The fourth-order valence-corrected chi connectivity index (χ4v) is 1.70. The van der Waals surface area contributed by atoms with Gasteiger partial charge in [0.25, 0.3) is 0 Å². The molecule has 2 aromatic rings. The van der Waals surface area contributed by atoms with Gasteiger partial charge in [0.05, 0.1) is 11.8 Å². The quantitative estimate of drug-likeness (QED) is 0.928. The molecule has 0 aliphatic carbocycles. The molecule has 2 rings (SSSR count). The van der Waals surface area contributed by atoms with Crippen molar-refractivity contribution in [2.75, 3.05) is 11.9 Å². The number of hydrogen-bond acceptors (Lipinski definition) is 3. The van der Waals surface area contributed by atoms with Crippen LogP contribution in [0.1, 0.15) is 11.1 Å². The second kappa shape index (κ2) is 5.29.